The van der Waals surface area contributed by atoms with Crippen molar-refractivity contribution in [2.75, 3.05) is 19.6 Å². The SMILES string of the molecule is CCNC(=NCc1nc(C(C)C)cs1)NCCNC(=O)c1ccc(O)cc1.I. The second-order valence-corrected chi connectivity index (χ2v) is 7.19. The summed E-state index contributed by atoms with van der Waals surface area (Å²) >= 11 is 1.62. The highest BCUT2D eigenvalue weighted by atomic mass is 127. The first-order chi connectivity index (χ1) is 13.0. The number of carbonyl (C=O) groups excluding carboxylic acids is 1. The zero-order valence-corrected chi connectivity index (χ0v) is 19.5. The predicted octanol–water partition coefficient (Wildman–Crippen LogP) is 3.08. The monoisotopic (exact) mass is 517 g/mol. The van der Waals surface area contributed by atoms with Crippen LogP contribution in [0.4, 0.5) is 0 Å². The quantitative estimate of drug-likeness (QED) is 0.187. The van der Waals surface area contributed by atoms with Crippen molar-refractivity contribution < 1.29 is 9.90 Å². The minimum absolute atomic E-state index is 0. The lowest BCUT2D eigenvalue weighted by molar-refractivity contribution is 0.0954. The van der Waals surface area contributed by atoms with Crippen LogP contribution in [0.25, 0.3) is 0 Å². The summed E-state index contributed by atoms with van der Waals surface area (Å²) in [5.41, 5.74) is 1.61. The number of thiazole rings is 1. The first-order valence-corrected chi connectivity index (χ1v) is 9.91. The molecule has 0 spiro atoms. The molecule has 0 saturated heterocycles. The molecule has 154 valence electrons. The molecule has 4 N–H and O–H groups in total. The zero-order chi connectivity index (χ0) is 19.6. The van der Waals surface area contributed by atoms with Crippen molar-refractivity contribution in [1.82, 2.24) is 20.9 Å². The van der Waals surface area contributed by atoms with Gasteiger partial charge in [-0.25, -0.2) is 9.98 Å². The minimum atomic E-state index is -0.178. The third kappa shape index (κ3) is 8.01. The molecule has 9 heteroatoms. The molecular weight excluding hydrogens is 489 g/mol. The lowest BCUT2D eigenvalue weighted by Gasteiger charge is -2.11. The van der Waals surface area contributed by atoms with Crippen LogP contribution in [-0.4, -0.2) is 41.6 Å². The summed E-state index contributed by atoms with van der Waals surface area (Å²) in [6.45, 7) is 8.53. The molecule has 0 bridgehead atoms. The Morgan fingerprint density at radius 2 is 1.86 bits per heavy atom. The number of hydrogen-bond acceptors (Lipinski definition) is 5. The number of hydrogen-bond donors (Lipinski definition) is 4. The highest BCUT2D eigenvalue weighted by molar-refractivity contribution is 14.0. The number of halogens is 1. The van der Waals surface area contributed by atoms with Crippen LogP contribution in [0.15, 0.2) is 34.6 Å². The van der Waals surface area contributed by atoms with Gasteiger partial charge in [-0.1, -0.05) is 13.8 Å². The number of aromatic nitrogens is 1. The van der Waals surface area contributed by atoms with E-state index in [1.807, 2.05) is 6.92 Å². The van der Waals surface area contributed by atoms with E-state index < -0.39 is 0 Å². The third-order valence-corrected chi connectivity index (χ3v) is 4.56. The van der Waals surface area contributed by atoms with Gasteiger partial charge in [0.1, 0.15) is 10.8 Å². The number of nitrogens with one attached hydrogen (secondary N) is 3. The standard InChI is InChI=1S/C19H27N5O2S.HI/c1-4-20-19(23-11-17-24-16(12-27-17)13(2)3)22-10-9-21-18(26)14-5-7-15(25)8-6-14;/h5-8,12-13,25H,4,9-11H2,1-3H3,(H,21,26)(H2,20,22,23);1H. The number of nitrogens with zero attached hydrogens (tertiary/aromatic N) is 2. The van der Waals surface area contributed by atoms with Crippen molar-refractivity contribution in [3.05, 3.63) is 45.9 Å². The Balaban J connectivity index is 0.00000392. The lowest BCUT2D eigenvalue weighted by atomic mass is 10.2. The summed E-state index contributed by atoms with van der Waals surface area (Å²) < 4.78 is 0. The van der Waals surface area contributed by atoms with E-state index in [0.29, 0.717) is 37.1 Å². The van der Waals surface area contributed by atoms with Gasteiger partial charge < -0.3 is 21.1 Å². The van der Waals surface area contributed by atoms with Gasteiger partial charge in [0.25, 0.3) is 5.91 Å². The normalized spacial score (nSPS) is 11.1. The number of phenolic OH excluding ortho intramolecular Hbond substituents is 1. The van der Waals surface area contributed by atoms with Crippen molar-refractivity contribution >= 4 is 47.2 Å². The number of aromatic hydroxyl groups is 1. The number of rotatable bonds is 8. The van der Waals surface area contributed by atoms with Gasteiger partial charge in [0.05, 0.1) is 12.2 Å². The summed E-state index contributed by atoms with van der Waals surface area (Å²) in [6, 6.07) is 6.16. The molecule has 0 unspecified atom stereocenters. The lowest BCUT2D eigenvalue weighted by Crippen LogP contribution is -2.41. The first-order valence-electron chi connectivity index (χ1n) is 9.03. The Morgan fingerprint density at radius 3 is 2.46 bits per heavy atom. The van der Waals surface area contributed by atoms with Crippen molar-refractivity contribution in [3.63, 3.8) is 0 Å². The molecule has 28 heavy (non-hydrogen) atoms. The van der Waals surface area contributed by atoms with E-state index in [2.05, 4.69) is 45.2 Å². The third-order valence-electron chi connectivity index (χ3n) is 3.71. The molecule has 1 aromatic heterocycles. The van der Waals surface area contributed by atoms with Crippen molar-refractivity contribution in [2.45, 2.75) is 33.2 Å². The maximum atomic E-state index is 12.0. The van der Waals surface area contributed by atoms with Crippen LogP contribution in [-0.2, 0) is 6.54 Å². The maximum Gasteiger partial charge on any atom is 0.251 e. The van der Waals surface area contributed by atoms with Gasteiger partial charge in [-0.05, 0) is 37.1 Å². The van der Waals surface area contributed by atoms with Crippen LogP contribution in [0.3, 0.4) is 0 Å². The number of carbonyl (C=O) groups is 1. The number of aliphatic imine (C=N–C) groups is 1. The molecule has 0 aliphatic rings. The van der Waals surface area contributed by atoms with Gasteiger partial charge in [-0.3, -0.25) is 4.79 Å². The fourth-order valence-electron chi connectivity index (χ4n) is 2.22. The Labute approximate surface area is 187 Å². The average molecular weight is 517 g/mol. The number of benzene rings is 1. The molecule has 7 nitrogen and oxygen atoms in total. The van der Waals surface area contributed by atoms with E-state index in [-0.39, 0.29) is 35.6 Å². The van der Waals surface area contributed by atoms with Gasteiger partial charge >= 0.3 is 0 Å². The number of amides is 1. The van der Waals surface area contributed by atoms with Crippen LogP contribution in [0.2, 0.25) is 0 Å². The van der Waals surface area contributed by atoms with E-state index in [1.54, 1.807) is 23.5 Å². The molecule has 2 aromatic rings. The highest BCUT2D eigenvalue weighted by Crippen LogP contribution is 2.18. The highest BCUT2D eigenvalue weighted by Gasteiger charge is 2.07. The molecule has 1 heterocycles. The Kier molecular flexibility index (Phi) is 10.8. The van der Waals surface area contributed by atoms with E-state index in [1.165, 1.54) is 12.1 Å². The summed E-state index contributed by atoms with van der Waals surface area (Å²) in [5.74, 6) is 1.07. The molecule has 0 atom stereocenters. The van der Waals surface area contributed by atoms with E-state index >= 15 is 0 Å². The molecule has 0 aliphatic heterocycles. The Bertz CT molecular complexity index is 762. The fourth-order valence-corrected chi connectivity index (χ4v) is 3.10. The van der Waals surface area contributed by atoms with E-state index in [4.69, 9.17) is 0 Å². The van der Waals surface area contributed by atoms with Crippen molar-refractivity contribution in [3.8, 4) is 5.75 Å². The zero-order valence-electron chi connectivity index (χ0n) is 16.4. The van der Waals surface area contributed by atoms with Gasteiger partial charge in [0.15, 0.2) is 5.96 Å². The largest absolute Gasteiger partial charge is 0.508 e. The van der Waals surface area contributed by atoms with E-state index in [9.17, 15) is 9.90 Å². The Morgan fingerprint density at radius 1 is 1.18 bits per heavy atom. The van der Waals surface area contributed by atoms with Gasteiger partial charge in [0.2, 0.25) is 0 Å². The van der Waals surface area contributed by atoms with E-state index in [0.717, 1.165) is 17.2 Å². The van der Waals surface area contributed by atoms with Gasteiger partial charge in [-0.2, -0.15) is 0 Å². The summed E-state index contributed by atoms with van der Waals surface area (Å²) in [5, 5.41) is 21.5. The molecule has 0 saturated carbocycles. The van der Waals surface area contributed by atoms with Crippen LogP contribution in [0, 0.1) is 0 Å². The smallest absolute Gasteiger partial charge is 0.251 e. The molecular formula is C19H28IN5O2S. The van der Waals surface area contributed by atoms with Crippen molar-refractivity contribution in [1.29, 1.82) is 0 Å². The molecule has 1 amide bonds. The predicted molar refractivity (Wildman–Crippen MR) is 125 cm³/mol. The number of guanidine groups is 1. The van der Waals surface area contributed by atoms with Gasteiger partial charge in [0, 0.05) is 30.6 Å². The van der Waals surface area contributed by atoms with Gasteiger partial charge in [-0.15, -0.1) is 35.3 Å². The summed E-state index contributed by atoms with van der Waals surface area (Å²) in [6.07, 6.45) is 0. The molecule has 0 fully saturated rings. The summed E-state index contributed by atoms with van der Waals surface area (Å²) in [4.78, 5) is 21.1. The average Bonchev–Trinajstić information content (AvgIpc) is 3.13. The molecule has 0 aliphatic carbocycles. The minimum Gasteiger partial charge on any atom is -0.508 e. The fraction of sp³-hybridized carbons (Fsp3) is 0.421. The maximum absolute atomic E-state index is 12.0. The second-order valence-electron chi connectivity index (χ2n) is 6.25. The number of phenols is 1. The van der Waals surface area contributed by atoms with Crippen LogP contribution >= 0.6 is 35.3 Å². The van der Waals surface area contributed by atoms with Crippen LogP contribution in [0.1, 0.15) is 47.7 Å². The second kappa shape index (κ2) is 12.6. The van der Waals surface area contributed by atoms with Crippen molar-refractivity contribution in [2.24, 2.45) is 4.99 Å². The Hall–Kier alpha value is -1.88. The molecule has 2 rings (SSSR count). The molecule has 1 aromatic carbocycles. The first kappa shape index (κ1) is 24.2. The molecule has 0 radical (unpaired) electrons. The summed E-state index contributed by atoms with van der Waals surface area (Å²) in [7, 11) is 0. The van der Waals surface area contributed by atoms with Crippen LogP contribution in [0.5, 0.6) is 5.75 Å². The topological polar surface area (TPSA) is 98.6 Å². The van der Waals surface area contributed by atoms with Crippen LogP contribution < -0.4 is 16.0 Å².